The summed E-state index contributed by atoms with van der Waals surface area (Å²) in [6, 6.07) is 12.5. The van der Waals surface area contributed by atoms with Crippen LogP contribution < -0.4 is 25.1 Å². The van der Waals surface area contributed by atoms with E-state index in [1.807, 2.05) is 24.4 Å². The van der Waals surface area contributed by atoms with Gasteiger partial charge in [-0.25, -0.2) is 4.98 Å². The molecule has 0 aliphatic carbocycles. The fourth-order valence-electron chi connectivity index (χ4n) is 3.45. The molecule has 4 rings (SSSR count). The highest BCUT2D eigenvalue weighted by Crippen LogP contribution is 2.36. The molecule has 0 aliphatic rings. The Hall–Kier alpha value is -3.85. The van der Waals surface area contributed by atoms with Crippen LogP contribution in [-0.2, 0) is 11.3 Å². The molecule has 0 radical (unpaired) electrons. The van der Waals surface area contributed by atoms with Crippen molar-refractivity contribution in [2.75, 3.05) is 26.1 Å². The molecule has 2 aromatic carbocycles. The van der Waals surface area contributed by atoms with Crippen molar-refractivity contribution in [2.45, 2.75) is 13.5 Å². The number of anilines is 1. The highest BCUT2D eigenvalue weighted by Gasteiger charge is 2.16. The molecule has 0 spiro atoms. The second kappa shape index (κ2) is 9.74. The van der Waals surface area contributed by atoms with Gasteiger partial charge in [-0.05, 0) is 48.9 Å². The molecule has 0 fully saturated rings. The number of amides is 1. The van der Waals surface area contributed by atoms with Crippen molar-refractivity contribution in [2.24, 2.45) is 0 Å². The van der Waals surface area contributed by atoms with E-state index in [4.69, 9.17) is 14.2 Å². The number of hydrogen-bond donors (Lipinski definition) is 1. The molecule has 0 aliphatic heterocycles. The van der Waals surface area contributed by atoms with Crippen molar-refractivity contribution in [3.63, 3.8) is 0 Å². The van der Waals surface area contributed by atoms with Gasteiger partial charge in [-0.15, -0.1) is 11.3 Å². The first-order chi connectivity index (χ1) is 16.0. The van der Waals surface area contributed by atoms with Gasteiger partial charge in [0.05, 0.1) is 32.5 Å². The number of carbonyl (C=O) groups is 1. The fourth-order valence-corrected chi connectivity index (χ4v) is 4.36. The number of carbonyl (C=O) groups excluding carboxylic acids is 1. The number of methoxy groups -OCH3 is 2. The molecule has 170 valence electrons. The predicted octanol–water partition coefficient (Wildman–Crippen LogP) is 4.18. The van der Waals surface area contributed by atoms with Crippen LogP contribution in [0.1, 0.15) is 6.92 Å². The summed E-state index contributed by atoms with van der Waals surface area (Å²) in [4.78, 5) is 30.8. The van der Waals surface area contributed by atoms with Gasteiger partial charge in [0.1, 0.15) is 17.1 Å². The van der Waals surface area contributed by atoms with Crippen LogP contribution in [0.15, 0.2) is 59.0 Å². The first kappa shape index (κ1) is 22.3. The monoisotopic (exact) mass is 465 g/mol. The van der Waals surface area contributed by atoms with Crippen LogP contribution in [0, 0.1) is 0 Å². The van der Waals surface area contributed by atoms with E-state index >= 15 is 0 Å². The highest BCUT2D eigenvalue weighted by molar-refractivity contribution is 7.17. The van der Waals surface area contributed by atoms with Crippen LogP contribution in [0.3, 0.4) is 0 Å². The SMILES string of the molecule is CCOc1ccc(NC(=O)Cn2cnc3scc(-c4ccc(OC)c(OC)c4)c3c2=O)cc1. The van der Waals surface area contributed by atoms with Crippen LogP contribution in [0.25, 0.3) is 21.3 Å². The summed E-state index contributed by atoms with van der Waals surface area (Å²) in [6.07, 6.45) is 1.40. The van der Waals surface area contributed by atoms with E-state index < -0.39 is 0 Å². The quantitative estimate of drug-likeness (QED) is 0.420. The van der Waals surface area contributed by atoms with Gasteiger partial charge < -0.3 is 19.5 Å². The van der Waals surface area contributed by atoms with E-state index in [0.29, 0.717) is 34.0 Å². The maximum Gasteiger partial charge on any atom is 0.263 e. The van der Waals surface area contributed by atoms with E-state index in [1.165, 1.54) is 22.2 Å². The minimum atomic E-state index is -0.328. The number of fused-ring (bicyclic) bond motifs is 1. The van der Waals surface area contributed by atoms with Gasteiger partial charge in [-0.1, -0.05) is 6.07 Å². The van der Waals surface area contributed by atoms with Gasteiger partial charge in [0.2, 0.25) is 5.91 Å². The molecule has 0 atom stereocenters. The van der Waals surface area contributed by atoms with Crippen molar-refractivity contribution < 1.29 is 19.0 Å². The van der Waals surface area contributed by atoms with Gasteiger partial charge in [-0.2, -0.15) is 0 Å². The minimum absolute atomic E-state index is 0.157. The van der Waals surface area contributed by atoms with E-state index in [0.717, 1.165) is 16.9 Å². The predicted molar refractivity (Wildman–Crippen MR) is 129 cm³/mol. The third-order valence-corrected chi connectivity index (χ3v) is 5.90. The van der Waals surface area contributed by atoms with Crippen molar-refractivity contribution in [3.8, 4) is 28.4 Å². The van der Waals surface area contributed by atoms with E-state index in [2.05, 4.69) is 10.3 Å². The molecule has 0 bridgehead atoms. The standard InChI is InChI=1S/C24H23N3O5S/c1-4-32-17-8-6-16(7-9-17)26-21(28)12-27-14-25-23-22(24(27)29)18(13-33-23)15-5-10-19(30-2)20(11-15)31-3/h5-11,13-14H,4,12H2,1-3H3,(H,26,28). The molecule has 2 heterocycles. The molecular weight excluding hydrogens is 442 g/mol. The summed E-state index contributed by atoms with van der Waals surface area (Å²) < 4.78 is 17.4. The maximum absolute atomic E-state index is 13.2. The second-order valence-electron chi connectivity index (χ2n) is 7.08. The number of nitrogens with zero attached hydrogens (tertiary/aromatic N) is 2. The molecule has 0 unspecified atom stereocenters. The lowest BCUT2D eigenvalue weighted by Crippen LogP contribution is -2.27. The number of rotatable bonds is 8. The first-order valence-electron chi connectivity index (χ1n) is 10.3. The third kappa shape index (κ3) is 4.68. The third-order valence-electron chi connectivity index (χ3n) is 5.02. The van der Waals surface area contributed by atoms with Crippen molar-refractivity contribution >= 4 is 33.1 Å². The Labute approximate surface area is 194 Å². The van der Waals surface area contributed by atoms with Crippen molar-refractivity contribution in [1.29, 1.82) is 0 Å². The molecule has 9 heteroatoms. The Bertz CT molecular complexity index is 1340. The normalized spacial score (nSPS) is 10.8. The van der Waals surface area contributed by atoms with Gasteiger partial charge in [-0.3, -0.25) is 14.2 Å². The van der Waals surface area contributed by atoms with Crippen LogP contribution in [-0.4, -0.2) is 36.3 Å². The second-order valence-corrected chi connectivity index (χ2v) is 7.94. The van der Waals surface area contributed by atoms with Crippen molar-refractivity contribution in [3.05, 3.63) is 64.5 Å². The number of benzene rings is 2. The molecule has 0 saturated heterocycles. The van der Waals surface area contributed by atoms with Crippen LogP contribution in [0.2, 0.25) is 0 Å². The first-order valence-corrected chi connectivity index (χ1v) is 11.1. The average Bonchev–Trinajstić information content (AvgIpc) is 3.27. The van der Waals surface area contributed by atoms with E-state index in [9.17, 15) is 9.59 Å². The fraction of sp³-hybridized carbons (Fsp3) is 0.208. The Morgan fingerprint density at radius 2 is 1.85 bits per heavy atom. The van der Waals surface area contributed by atoms with Crippen LogP contribution in [0.4, 0.5) is 5.69 Å². The van der Waals surface area contributed by atoms with E-state index in [-0.39, 0.29) is 18.0 Å². The largest absolute Gasteiger partial charge is 0.494 e. The van der Waals surface area contributed by atoms with Gasteiger partial charge >= 0.3 is 0 Å². The summed E-state index contributed by atoms with van der Waals surface area (Å²) >= 11 is 1.37. The lowest BCUT2D eigenvalue weighted by Gasteiger charge is -2.10. The Morgan fingerprint density at radius 3 is 2.55 bits per heavy atom. The Kier molecular flexibility index (Phi) is 6.60. The highest BCUT2D eigenvalue weighted by atomic mass is 32.1. The van der Waals surface area contributed by atoms with Gasteiger partial charge in [0, 0.05) is 16.6 Å². The Morgan fingerprint density at radius 1 is 1.09 bits per heavy atom. The Balaban J connectivity index is 1.60. The summed E-state index contributed by atoms with van der Waals surface area (Å²) in [5.41, 5.74) is 1.86. The number of thiophene rings is 1. The van der Waals surface area contributed by atoms with Crippen molar-refractivity contribution in [1.82, 2.24) is 9.55 Å². The minimum Gasteiger partial charge on any atom is -0.494 e. The zero-order valence-corrected chi connectivity index (χ0v) is 19.3. The van der Waals surface area contributed by atoms with Crippen LogP contribution >= 0.6 is 11.3 Å². The number of nitrogens with one attached hydrogen (secondary N) is 1. The molecule has 1 amide bonds. The maximum atomic E-state index is 13.2. The average molecular weight is 466 g/mol. The molecule has 8 nitrogen and oxygen atoms in total. The zero-order valence-electron chi connectivity index (χ0n) is 18.5. The summed E-state index contributed by atoms with van der Waals surface area (Å²) in [7, 11) is 3.13. The summed E-state index contributed by atoms with van der Waals surface area (Å²) in [5.74, 6) is 1.56. The summed E-state index contributed by atoms with van der Waals surface area (Å²) in [5, 5.41) is 5.13. The molecule has 33 heavy (non-hydrogen) atoms. The summed E-state index contributed by atoms with van der Waals surface area (Å²) in [6.45, 7) is 2.32. The molecule has 4 aromatic rings. The van der Waals surface area contributed by atoms with Gasteiger partial charge in [0.15, 0.2) is 11.5 Å². The lowest BCUT2D eigenvalue weighted by molar-refractivity contribution is -0.116. The smallest absolute Gasteiger partial charge is 0.263 e. The molecule has 1 N–H and O–H groups in total. The number of hydrogen-bond acceptors (Lipinski definition) is 7. The number of aromatic nitrogens is 2. The van der Waals surface area contributed by atoms with E-state index in [1.54, 1.807) is 44.6 Å². The van der Waals surface area contributed by atoms with Crippen LogP contribution in [0.5, 0.6) is 17.2 Å². The lowest BCUT2D eigenvalue weighted by atomic mass is 10.1. The number of ether oxygens (including phenoxy) is 3. The van der Waals surface area contributed by atoms with Gasteiger partial charge in [0.25, 0.3) is 5.56 Å². The molecule has 2 aromatic heterocycles. The molecule has 0 saturated carbocycles. The zero-order chi connectivity index (χ0) is 23.4. The molecular formula is C24H23N3O5S. The topological polar surface area (TPSA) is 91.7 Å².